The van der Waals surface area contributed by atoms with Gasteiger partial charge in [0.2, 0.25) is 0 Å². The van der Waals surface area contributed by atoms with E-state index >= 15 is 0 Å². The van der Waals surface area contributed by atoms with Gasteiger partial charge in [-0.3, -0.25) is 4.79 Å². The Balaban J connectivity index is 1.74. The zero-order valence-electron chi connectivity index (χ0n) is 14.4. The van der Waals surface area contributed by atoms with Crippen LogP contribution < -0.4 is 10.3 Å². The summed E-state index contributed by atoms with van der Waals surface area (Å²) in [7, 11) is 0. The number of aromatic hydroxyl groups is 1. The highest BCUT2D eigenvalue weighted by atomic mass is 32.1. The maximum Gasteiger partial charge on any atom is 0.282 e. The first-order chi connectivity index (χ1) is 12.7. The van der Waals surface area contributed by atoms with E-state index in [1.54, 1.807) is 29.5 Å². The minimum atomic E-state index is -0.161. The molecule has 7 heteroatoms. The van der Waals surface area contributed by atoms with Gasteiger partial charge in [0, 0.05) is 10.4 Å². The third kappa shape index (κ3) is 2.88. The third-order valence-electron chi connectivity index (χ3n) is 4.51. The van der Waals surface area contributed by atoms with Gasteiger partial charge in [-0.2, -0.15) is 9.78 Å². The number of thiophene rings is 1. The first-order valence-corrected chi connectivity index (χ1v) is 9.51. The van der Waals surface area contributed by atoms with E-state index < -0.39 is 0 Å². The first kappa shape index (κ1) is 16.8. The van der Waals surface area contributed by atoms with Crippen LogP contribution in [0.5, 0.6) is 11.5 Å². The molecule has 0 atom stereocenters. The fourth-order valence-corrected chi connectivity index (χ4v) is 4.48. The number of nitrogens with zero attached hydrogens (tertiary/aromatic N) is 3. The van der Waals surface area contributed by atoms with Gasteiger partial charge in [-0.15, -0.1) is 11.3 Å². The lowest BCUT2D eigenvalue weighted by Crippen LogP contribution is -2.18. The van der Waals surface area contributed by atoms with Gasteiger partial charge in [0.05, 0.1) is 18.2 Å². The number of hydrogen-bond donors (Lipinski definition) is 1. The molecule has 0 fully saturated rings. The molecule has 134 valence electrons. The monoisotopic (exact) mass is 369 g/mol. The number of aromatic nitrogens is 2. The lowest BCUT2D eigenvalue weighted by Gasteiger charge is -2.09. The molecule has 0 aliphatic heterocycles. The maximum atomic E-state index is 12.9. The van der Waals surface area contributed by atoms with E-state index in [2.05, 4.69) is 10.1 Å². The second-order valence-corrected chi connectivity index (χ2v) is 7.24. The van der Waals surface area contributed by atoms with Crippen molar-refractivity contribution in [2.24, 2.45) is 5.10 Å². The van der Waals surface area contributed by atoms with Crippen molar-refractivity contribution in [1.29, 1.82) is 0 Å². The first-order valence-electron chi connectivity index (χ1n) is 8.70. The molecule has 0 bridgehead atoms. The molecule has 1 aliphatic carbocycles. The molecule has 0 saturated carbocycles. The Morgan fingerprint density at radius 1 is 1.38 bits per heavy atom. The molecular formula is C19H19N3O3S. The number of aryl methyl sites for hydroxylation is 2. The molecule has 0 saturated heterocycles. The van der Waals surface area contributed by atoms with Crippen molar-refractivity contribution in [3.8, 4) is 11.5 Å². The van der Waals surface area contributed by atoms with Gasteiger partial charge < -0.3 is 9.84 Å². The standard InChI is InChI=1S/C19H19N3O3S/c1-2-25-14-8-5-6-12(17(14)23)10-21-22-11-20-18-16(19(22)24)13-7-3-4-9-15(13)26-18/h5-6,8,10-11,23H,2-4,7,9H2,1H3. The molecule has 2 heterocycles. The van der Waals surface area contributed by atoms with E-state index in [-0.39, 0.29) is 11.3 Å². The normalized spacial score (nSPS) is 14.0. The summed E-state index contributed by atoms with van der Waals surface area (Å²) in [5, 5.41) is 15.2. The minimum absolute atomic E-state index is 0.00750. The van der Waals surface area contributed by atoms with Gasteiger partial charge in [0.15, 0.2) is 11.5 Å². The molecule has 1 aromatic carbocycles. The zero-order chi connectivity index (χ0) is 18.1. The van der Waals surface area contributed by atoms with E-state index in [0.717, 1.165) is 29.7 Å². The molecule has 1 aliphatic rings. The molecular weight excluding hydrogens is 350 g/mol. The van der Waals surface area contributed by atoms with Gasteiger partial charge in [-0.1, -0.05) is 6.07 Å². The zero-order valence-corrected chi connectivity index (χ0v) is 15.3. The van der Waals surface area contributed by atoms with Crippen LogP contribution in [0.15, 0.2) is 34.4 Å². The van der Waals surface area contributed by atoms with Crippen LogP contribution in [0.25, 0.3) is 10.2 Å². The number of ether oxygens (including phenoxy) is 1. The van der Waals surface area contributed by atoms with E-state index in [1.807, 2.05) is 6.92 Å². The largest absolute Gasteiger partial charge is 0.504 e. The molecule has 0 amide bonds. The van der Waals surface area contributed by atoms with Crippen LogP contribution in [0, 0.1) is 0 Å². The van der Waals surface area contributed by atoms with Gasteiger partial charge >= 0.3 is 0 Å². The lowest BCUT2D eigenvalue weighted by atomic mass is 9.97. The Morgan fingerprint density at radius 3 is 3.08 bits per heavy atom. The highest BCUT2D eigenvalue weighted by molar-refractivity contribution is 7.18. The third-order valence-corrected chi connectivity index (χ3v) is 5.71. The summed E-state index contributed by atoms with van der Waals surface area (Å²) >= 11 is 1.61. The fraction of sp³-hybridized carbons (Fsp3) is 0.316. The molecule has 3 aromatic rings. The topological polar surface area (TPSA) is 76.7 Å². The van der Waals surface area contributed by atoms with Crippen LogP contribution in [0.1, 0.15) is 35.8 Å². The van der Waals surface area contributed by atoms with Crippen molar-refractivity contribution < 1.29 is 9.84 Å². The average molecular weight is 369 g/mol. The van der Waals surface area contributed by atoms with Crippen LogP contribution in [-0.4, -0.2) is 27.6 Å². The van der Waals surface area contributed by atoms with Crippen LogP contribution >= 0.6 is 11.3 Å². The molecule has 4 rings (SSSR count). The van der Waals surface area contributed by atoms with Crippen molar-refractivity contribution in [3.05, 3.63) is 50.9 Å². The molecule has 26 heavy (non-hydrogen) atoms. The summed E-state index contributed by atoms with van der Waals surface area (Å²) in [5.41, 5.74) is 1.46. The van der Waals surface area contributed by atoms with Crippen LogP contribution in [0.2, 0.25) is 0 Å². The second-order valence-electron chi connectivity index (χ2n) is 6.16. The predicted octanol–water partition coefficient (Wildman–Crippen LogP) is 3.32. The van der Waals surface area contributed by atoms with E-state index in [4.69, 9.17) is 4.74 Å². The average Bonchev–Trinajstić information content (AvgIpc) is 3.03. The van der Waals surface area contributed by atoms with Gasteiger partial charge in [-0.05, 0) is 50.3 Å². The van der Waals surface area contributed by atoms with Crippen LogP contribution in [0.3, 0.4) is 0 Å². The van der Waals surface area contributed by atoms with Crippen molar-refractivity contribution >= 4 is 27.8 Å². The molecule has 6 nitrogen and oxygen atoms in total. The Labute approximate surface area is 154 Å². The summed E-state index contributed by atoms with van der Waals surface area (Å²) in [6.07, 6.45) is 7.11. The number of phenolic OH excluding ortho intramolecular Hbond substituents is 1. The number of phenols is 1. The Morgan fingerprint density at radius 2 is 2.23 bits per heavy atom. The predicted molar refractivity (Wildman–Crippen MR) is 103 cm³/mol. The summed E-state index contributed by atoms with van der Waals surface area (Å²) in [4.78, 5) is 19.3. The Bertz CT molecular complexity index is 1050. The second kappa shape index (κ2) is 6.92. The van der Waals surface area contributed by atoms with Gasteiger partial charge in [-0.25, -0.2) is 4.98 Å². The Hall–Kier alpha value is -2.67. The SMILES string of the molecule is CCOc1cccc(C=Nn2cnc3sc4c(c3c2=O)CCCC4)c1O. The molecule has 2 aromatic heterocycles. The number of benzene rings is 1. The van der Waals surface area contributed by atoms with Crippen molar-refractivity contribution in [2.75, 3.05) is 6.61 Å². The van der Waals surface area contributed by atoms with E-state index in [1.165, 1.54) is 28.5 Å². The summed E-state index contributed by atoms with van der Waals surface area (Å²) in [6, 6.07) is 5.17. The van der Waals surface area contributed by atoms with Crippen LogP contribution in [0.4, 0.5) is 0 Å². The van der Waals surface area contributed by atoms with Crippen molar-refractivity contribution in [3.63, 3.8) is 0 Å². The number of para-hydroxylation sites is 1. The fourth-order valence-electron chi connectivity index (χ4n) is 3.26. The number of hydrogen-bond acceptors (Lipinski definition) is 6. The minimum Gasteiger partial charge on any atom is -0.504 e. The quantitative estimate of drug-likeness (QED) is 0.716. The Kier molecular flexibility index (Phi) is 4.46. The smallest absolute Gasteiger partial charge is 0.282 e. The number of rotatable bonds is 4. The molecule has 0 unspecified atom stereocenters. The molecule has 1 N–H and O–H groups in total. The van der Waals surface area contributed by atoms with Crippen molar-refractivity contribution in [1.82, 2.24) is 9.66 Å². The van der Waals surface area contributed by atoms with Gasteiger partial charge in [0.25, 0.3) is 5.56 Å². The highest BCUT2D eigenvalue weighted by Gasteiger charge is 2.19. The summed E-state index contributed by atoms with van der Waals surface area (Å²) in [5.74, 6) is 0.400. The maximum absolute atomic E-state index is 12.9. The summed E-state index contributed by atoms with van der Waals surface area (Å²) < 4.78 is 6.60. The van der Waals surface area contributed by atoms with Crippen LogP contribution in [-0.2, 0) is 12.8 Å². The molecule has 0 spiro atoms. The summed E-state index contributed by atoms with van der Waals surface area (Å²) in [6.45, 7) is 2.31. The molecule has 0 radical (unpaired) electrons. The highest BCUT2D eigenvalue weighted by Crippen LogP contribution is 2.33. The van der Waals surface area contributed by atoms with E-state index in [9.17, 15) is 9.90 Å². The van der Waals surface area contributed by atoms with Gasteiger partial charge in [0.1, 0.15) is 11.2 Å². The lowest BCUT2D eigenvalue weighted by molar-refractivity contribution is 0.318. The number of fused-ring (bicyclic) bond motifs is 3. The van der Waals surface area contributed by atoms with Crippen molar-refractivity contribution in [2.45, 2.75) is 32.6 Å². The van der Waals surface area contributed by atoms with E-state index in [0.29, 0.717) is 23.3 Å².